The van der Waals surface area contributed by atoms with E-state index in [0.717, 1.165) is 31.4 Å². The number of rotatable bonds is 4. The van der Waals surface area contributed by atoms with E-state index in [1.165, 1.54) is 0 Å². The third-order valence-electron chi connectivity index (χ3n) is 3.83. The maximum absolute atomic E-state index is 13.2. The zero-order chi connectivity index (χ0) is 15.4. The summed E-state index contributed by atoms with van der Waals surface area (Å²) in [5.74, 6) is -4.61. The highest BCUT2D eigenvalue weighted by atomic mass is 19.2. The summed E-state index contributed by atoms with van der Waals surface area (Å²) in [6.07, 6.45) is 3.14. The molecule has 2 N–H and O–H groups in total. The molecular weight excluding hydrogens is 281 g/mol. The number of hydrogen-bond acceptors (Lipinski definition) is 2. The Morgan fingerprint density at radius 3 is 2.24 bits per heavy atom. The fraction of sp³-hybridized carbons (Fsp3) is 0.533. The second-order valence-electron chi connectivity index (χ2n) is 5.40. The van der Waals surface area contributed by atoms with Gasteiger partial charge in [-0.2, -0.15) is 0 Å². The number of piperidine rings is 1. The van der Waals surface area contributed by atoms with Crippen molar-refractivity contribution in [1.82, 2.24) is 4.90 Å². The van der Waals surface area contributed by atoms with Crippen LogP contribution in [-0.4, -0.2) is 30.4 Å². The van der Waals surface area contributed by atoms with Gasteiger partial charge in [0, 0.05) is 19.6 Å². The van der Waals surface area contributed by atoms with Gasteiger partial charge in [0.2, 0.25) is 5.91 Å². The Balaban J connectivity index is 2.09. The van der Waals surface area contributed by atoms with E-state index in [-0.39, 0.29) is 24.4 Å². The van der Waals surface area contributed by atoms with Gasteiger partial charge in [0.25, 0.3) is 0 Å². The van der Waals surface area contributed by atoms with Crippen LogP contribution in [0, 0.1) is 23.4 Å². The Morgan fingerprint density at radius 2 is 1.71 bits per heavy atom. The molecule has 0 spiro atoms. The summed E-state index contributed by atoms with van der Waals surface area (Å²) in [5.41, 5.74) is 5.87. The number of carbonyl (C=O) groups is 1. The summed E-state index contributed by atoms with van der Waals surface area (Å²) in [4.78, 5) is 14.1. The van der Waals surface area contributed by atoms with E-state index in [2.05, 4.69) is 0 Å². The predicted octanol–water partition coefficient (Wildman–Crippen LogP) is 2.23. The number of likely N-dealkylation sites (tertiary alicyclic amines) is 1. The second kappa shape index (κ2) is 6.93. The van der Waals surface area contributed by atoms with Crippen molar-refractivity contribution < 1.29 is 18.0 Å². The highest BCUT2D eigenvalue weighted by Gasteiger charge is 2.25. The topological polar surface area (TPSA) is 46.3 Å². The summed E-state index contributed by atoms with van der Waals surface area (Å²) in [6.45, 7) is 1.49. The van der Waals surface area contributed by atoms with E-state index < -0.39 is 23.4 Å². The Bertz CT molecular complexity index is 493. The summed E-state index contributed by atoms with van der Waals surface area (Å²) in [6, 6.07) is 1.84. The molecule has 1 unspecified atom stereocenters. The Labute approximate surface area is 121 Å². The summed E-state index contributed by atoms with van der Waals surface area (Å²) in [7, 11) is 0. The molecule has 1 aromatic rings. The van der Waals surface area contributed by atoms with E-state index in [1.807, 2.05) is 0 Å². The monoisotopic (exact) mass is 300 g/mol. The van der Waals surface area contributed by atoms with Gasteiger partial charge in [-0.1, -0.05) is 0 Å². The molecule has 0 radical (unpaired) electrons. The van der Waals surface area contributed by atoms with Gasteiger partial charge < -0.3 is 10.6 Å². The van der Waals surface area contributed by atoms with Crippen LogP contribution >= 0.6 is 0 Å². The van der Waals surface area contributed by atoms with Crippen LogP contribution in [-0.2, 0) is 11.2 Å². The highest BCUT2D eigenvalue weighted by Crippen LogP contribution is 2.19. The molecule has 2 rings (SSSR count). The molecule has 0 aliphatic carbocycles. The van der Waals surface area contributed by atoms with Crippen LogP contribution in [0.1, 0.15) is 24.8 Å². The minimum atomic E-state index is -1.49. The number of nitrogens with zero attached hydrogens (tertiary/aromatic N) is 1. The summed E-state index contributed by atoms with van der Waals surface area (Å²) in [5, 5.41) is 0. The van der Waals surface area contributed by atoms with Crippen LogP contribution in [0.25, 0.3) is 0 Å². The molecule has 1 aliphatic heterocycles. The summed E-state index contributed by atoms with van der Waals surface area (Å²) >= 11 is 0. The molecule has 1 amide bonds. The first-order chi connectivity index (χ1) is 10.0. The molecule has 116 valence electrons. The van der Waals surface area contributed by atoms with Crippen LogP contribution in [0.2, 0.25) is 0 Å². The lowest BCUT2D eigenvalue weighted by molar-refractivity contribution is -0.136. The maximum atomic E-state index is 13.2. The van der Waals surface area contributed by atoms with E-state index in [9.17, 15) is 18.0 Å². The number of hydrogen-bond donors (Lipinski definition) is 1. The van der Waals surface area contributed by atoms with Gasteiger partial charge in [-0.25, -0.2) is 13.2 Å². The molecule has 0 saturated carbocycles. The largest absolute Gasteiger partial charge is 0.342 e. The van der Waals surface area contributed by atoms with Gasteiger partial charge >= 0.3 is 0 Å². The van der Waals surface area contributed by atoms with Crippen molar-refractivity contribution in [3.05, 3.63) is 35.1 Å². The van der Waals surface area contributed by atoms with Crippen LogP contribution in [0.15, 0.2) is 12.1 Å². The lowest BCUT2D eigenvalue weighted by Crippen LogP contribution is -2.42. The number of halogens is 3. The molecule has 1 atom stereocenters. The molecular formula is C15H19F3N2O. The van der Waals surface area contributed by atoms with Crippen molar-refractivity contribution in [2.75, 3.05) is 19.6 Å². The first-order valence-electron chi connectivity index (χ1n) is 7.15. The highest BCUT2D eigenvalue weighted by molar-refractivity contribution is 5.79. The lowest BCUT2D eigenvalue weighted by atomic mass is 9.96. The Morgan fingerprint density at radius 1 is 1.14 bits per heavy atom. The van der Waals surface area contributed by atoms with Crippen molar-refractivity contribution in [1.29, 1.82) is 0 Å². The first-order valence-corrected chi connectivity index (χ1v) is 7.15. The molecule has 1 aromatic carbocycles. The maximum Gasteiger partial charge on any atom is 0.227 e. The molecule has 21 heavy (non-hydrogen) atoms. The Hall–Kier alpha value is -1.56. The van der Waals surface area contributed by atoms with Crippen molar-refractivity contribution in [2.45, 2.75) is 25.7 Å². The standard InChI is InChI=1S/C15H19F3N2O/c16-12-7-10(8-13(17)14(12)18)6-11(9-19)15(21)20-4-2-1-3-5-20/h7-8,11H,1-6,9,19H2. The van der Waals surface area contributed by atoms with Crippen molar-refractivity contribution in [3.63, 3.8) is 0 Å². The van der Waals surface area contributed by atoms with Crippen molar-refractivity contribution in [2.24, 2.45) is 11.7 Å². The van der Waals surface area contributed by atoms with Crippen molar-refractivity contribution >= 4 is 5.91 Å². The quantitative estimate of drug-likeness (QED) is 0.867. The number of carbonyl (C=O) groups excluding carboxylic acids is 1. The van der Waals surface area contributed by atoms with E-state index in [0.29, 0.717) is 13.1 Å². The molecule has 0 bridgehead atoms. The average molecular weight is 300 g/mol. The minimum Gasteiger partial charge on any atom is -0.342 e. The van der Waals surface area contributed by atoms with Gasteiger partial charge in [-0.15, -0.1) is 0 Å². The normalized spacial score (nSPS) is 16.9. The van der Waals surface area contributed by atoms with Crippen LogP contribution in [0.3, 0.4) is 0 Å². The third-order valence-corrected chi connectivity index (χ3v) is 3.83. The Kier molecular flexibility index (Phi) is 5.22. The van der Waals surface area contributed by atoms with E-state index in [4.69, 9.17) is 5.73 Å². The number of amides is 1. The van der Waals surface area contributed by atoms with Crippen LogP contribution in [0.4, 0.5) is 13.2 Å². The molecule has 6 heteroatoms. The zero-order valence-electron chi connectivity index (χ0n) is 11.7. The fourth-order valence-electron chi connectivity index (χ4n) is 2.65. The smallest absolute Gasteiger partial charge is 0.227 e. The minimum absolute atomic E-state index is 0.0932. The molecule has 3 nitrogen and oxygen atoms in total. The van der Waals surface area contributed by atoms with Gasteiger partial charge in [-0.05, 0) is 43.4 Å². The zero-order valence-corrected chi connectivity index (χ0v) is 11.7. The van der Waals surface area contributed by atoms with Crippen LogP contribution < -0.4 is 5.73 Å². The van der Waals surface area contributed by atoms with Gasteiger partial charge in [-0.3, -0.25) is 4.79 Å². The summed E-state index contributed by atoms with van der Waals surface area (Å²) < 4.78 is 39.3. The van der Waals surface area contributed by atoms with Crippen LogP contribution in [0.5, 0.6) is 0 Å². The number of benzene rings is 1. The van der Waals surface area contributed by atoms with E-state index >= 15 is 0 Å². The third kappa shape index (κ3) is 3.75. The molecule has 1 saturated heterocycles. The molecule has 1 heterocycles. The second-order valence-corrected chi connectivity index (χ2v) is 5.40. The molecule has 1 aliphatic rings. The van der Waals surface area contributed by atoms with E-state index in [1.54, 1.807) is 4.90 Å². The van der Waals surface area contributed by atoms with Crippen molar-refractivity contribution in [3.8, 4) is 0 Å². The fourth-order valence-corrected chi connectivity index (χ4v) is 2.65. The first kappa shape index (κ1) is 15.8. The lowest BCUT2D eigenvalue weighted by Gasteiger charge is -2.30. The average Bonchev–Trinajstić information content (AvgIpc) is 2.50. The predicted molar refractivity (Wildman–Crippen MR) is 73.0 cm³/mol. The molecule has 1 fully saturated rings. The van der Waals surface area contributed by atoms with Gasteiger partial charge in [0.05, 0.1) is 5.92 Å². The van der Waals surface area contributed by atoms with Gasteiger partial charge in [0.1, 0.15) is 0 Å². The molecule has 0 aromatic heterocycles. The SMILES string of the molecule is NCC(Cc1cc(F)c(F)c(F)c1)C(=O)N1CCCCC1. The number of nitrogens with two attached hydrogens (primary N) is 1. The van der Waals surface area contributed by atoms with Gasteiger partial charge in [0.15, 0.2) is 17.5 Å².